The molecule has 2 aliphatic rings. The van der Waals surface area contributed by atoms with Crippen LogP contribution in [0.1, 0.15) is 25.7 Å². The summed E-state index contributed by atoms with van der Waals surface area (Å²) in [6, 6.07) is 2.03. The Hall–Kier alpha value is -2.28. The number of rotatable bonds is 5. The molecule has 0 saturated carbocycles. The van der Waals surface area contributed by atoms with Gasteiger partial charge in [0.05, 0.1) is 11.9 Å². The Balaban J connectivity index is 1.26. The van der Waals surface area contributed by atoms with Crippen LogP contribution in [0.5, 0.6) is 0 Å². The van der Waals surface area contributed by atoms with Gasteiger partial charge in [0, 0.05) is 44.5 Å². The lowest BCUT2D eigenvalue weighted by Crippen LogP contribution is -2.42. The van der Waals surface area contributed by atoms with Crippen LogP contribution in [0.25, 0.3) is 11.2 Å². The van der Waals surface area contributed by atoms with Gasteiger partial charge < -0.3 is 15.1 Å². The van der Waals surface area contributed by atoms with E-state index in [1.54, 1.807) is 12.4 Å². The Bertz CT molecular complexity index is 753. The second kappa shape index (κ2) is 7.95. The molecule has 0 aromatic carbocycles. The van der Waals surface area contributed by atoms with E-state index in [-0.39, 0.29) is 11.8 Å². The molecule has 4 heterocycles. The minimum absolute atomic E-state index is 0.123. The van der Waals surface area contributed by atoms with E-state index in [2.05, 4.69) is 30.1 Å². The minimum Gasteiger partial charge on any atom is -0.370 e. The van der Waals surface area contributed by atoms with E-state index in [0.29, 0.717) is 5.65 Å². The van der Waals surface area contributed by atoms with Crippen molar-refractivity contribution in [1.82, 2.24) is 25.2 Å². The number of pyridine rings is 1. The van der Waals surface area contributed by atoms with Crippen molar-refractivity contribution >= 4 is 22.8 Å². The number of fused-ring (bicyclic) bond motifs is 1. The van der Waals surface area contributed by atoms with Crippen LogP contribution in [-0.2, 0) is 4.79 Å². The van der Waals surface area contributed by atoms with Gasteiger partial charge in [-0.1, -0.05) is 0 Å². The number of carbonyl (C=O) groups excluding carboxylic acids is 1. The second-order valence-corrected chi connectivity index (χ2v) is 7.19. The van der Waals surface area contributed by atoms with Crippen LogP contribution in [0.3, 0.4) is 0 Å². The van der Waals surface area contributed by atoms with Crippen molar-refractivity contribution < 1.29 is 4.79 Å². The van der Waals surface area contributed by atoms with E-state index < -0.39 is 0 Å². The maximum Gasteiger partial charge on any atom is 0.223 e. The Kier molecular flexibility index (Phi) is 5.24. The number of carbonyl (C=O) groups is 1. The fourth-order valence-electron chi connectivity index (χ4n) is 3.91. The lowest BCUT2D eigenvalue weighted by molar-refractivity contribution is -0.125. The third kappa shape index (κ3) is 3.93. The van der Waals surface area contributed by atoms with Gasteiger partial charge in [0.2, 0.25) is 5.91 Å². The van der Waals surface area contributed by atoms with Gasteiger partial charge in [0.15, 0.2) is 5.65 Å². The summed E-state index contributed by atoms with van der Waals surface area (Å²) in [4.78, 5) is 30.1. The summed E-state index contributed by atoms with van der Waals surface area (Å²) in [5, 5.41) is 3.13. The van der Waals surface area contributed by atoms with Crippen molar-refractivity contribution in [3.05, 3.63) is 24.7 Å². The highest BCUT2D eigenvalue weighted by molar-refractivity contribution is 5.79. The smallest absolute Gasteiger partial charge is 0.223 e. The number of nitrogens with zero attached hydrogens (tertiary/aromatic N) is 5. The van der Waals surface area contributed by atoms with Crippen LogP contribution in [0, 0.1) is 5.92 Å². The molecule has 0 aliphatic carbocycles. The minimum atomic E-state index is 0.123. The molecule has 0 bridgehead atoms. The Morgan fingerprint density at radius 2 is 1.85 bits per heavy atom. The van der Waals surface area contributed by atoms with Gasteiger partial charge in [0.25, 0.3) is 0 Å². The molecule has 0 spiro atoms. The van der Waals surface area contributed by atoms with Crippen molar-refractivity contribution in [2.75, 3.05) is 44.2 Å². The molecule has 0 atom stereocenters. The summed E-state index contributed by atoms with van der Waals surface area (Å²) >= 11 is 0. The molecule has 138 valence electrons. The number of nitrogens with one attached hydrogen (secondary N) is 1. The molecular weight excluding hydrogens is 328 g/mol. The van der Waals surface area contributed by atoms with Gasteiger partial charge in [-0.3, -0.25) is 9.78 Å². The number of hydrogen-bond acceptors (Lipinski definition) is 6. The van der Waals surface area contributed by atoms with Crippen molar-refractivity contribution in [3.8, 4) is 0 Å². The molecule has 0 unspecified atom stereocenters. The molecule has 1 N–H and O–H groups in total. The zero-order valence-corrected chi connectivity index (χ0v) is 15.1. The van der Waals surface area contributed by atoms with Crippen molar-refractivity contribution in [3.63, 3.8) is 0 Å². The number of anilines is 1. The normalized spacial score (nSPS) is 19.2. The Morgan fingerprint density at radius 1 is 1.08 bits per heavy atom. The van der Waals surface area contributed by atoms with Crippen molar-refractivity contribution in [2.45, 2.75) is 25.7 Å². The van der Waals surface area contributed by atoms with E-state index in [4.69, 9.17) is 0 Å². The predicted molar refractivity (Wildman–Crippen MR) is 101 cm³/mol. The summed E-state index contributed by atoms with van der Waals surface area (Å²) < 4.78 is 0. The Labute approximate surface area is 153 Å². The number of piperidine rings is 1. The summed E-state index contributed by atoms with van der Waals surface area (Å²) in [5.41, 5.74) is 2.54. The number of aromatic nitrogens is 3. The van der Waals surface area contributed by atoms with Crippen LogP contribution in [0.2, 0.25) is 0 Å². The zero-order valence-electron chi connectivity index (χ0n) is 15.1. The van der Waals surface area contributed by atoms with Crippen molar-refractivity contribution in [1.29, 1.82) is 0 Å². The zero-order chi connectivity index (χ0) is 17.8. The maximum absolute atomic E-state index is 12.4. The van der Waals surface area contributed by atoms with E-state index >= 15 is 0 Å². The highest BCUT2D eigenvalue weighted by Crippen LogP contribution is 2.24. The number of hydrogen-bond donors (Lipinski definition) is 1. The highest BCUT2D eigenvalue weighted by atomic mass is 16.1. The fraction of sp³-hybridized carbons (Fsp3) is 0.579. The topological polar surface area (TPSA) is 74.2 Å². The third-order valence-corrected chi connectivity index (χ3v) is 5.47. The van der Waals surface area contributed by atoms with Crippen LogP contribution >= 0.6 is 0 Å². The van der Waals surface area contributed by atoms with E-state index in [9.17, 15) is 4.79 Å². The molecule has 2 aromatic heterocycles. The average molecular weight is 354 g/mol. The van der Waals surface area contributed by atoms with Crippen LogP contribution in [0.15, 0.2) is 24.7 Å². The number of likely N-dealkylation sites (tertiary alicyclic amines) is 1. The molecule has 4 rings (SSSR count). The van der Waals surface area contributed by atoms with Gasteiger partial charge in [-0.15, -0.1) is 0 Å². The van der Waals surface area contributed by atoms with Gasteiger partial charge in [-0.25, -0.2) is 9.97 Å². The Morgan fingerprint density at radius 3 is 2.65 bits per heavy atom. The first kappa shape index (κ1) is 17.1. The molecular formula is C19H26N6O. The molecule has 2 fully saturated rings. The van der Waals surface area contributed by atoms with Gasteiger partial charge >= 0.3 is 0 Å². The molecule has 7 nitrogen and oxygen atoms in total. The molecule has 26 heavy (non-hydrogen) atoms. The van der Waals surface area contributed by atoms with E-state index in [0.717, 1.165) is 50.2 Å². The summed E-state index contributed by atoms with van der Waals surface area (Å²) in [7, 11) is 0. The fourth-order valence-corrected chi connectivity index (χ4v) is 3.91. The average Bonchev–Trinajstić information content (AvgIpc) is 3.21. The SMILES string of the molecule is O=C(NCCN1CCCC1)C1CCN(c2cnc3nccnc3c2)CC1. The first-order valence-electron chi connectivity index (χ1n) is 9.61. The standard InChI is InChI=1S/C19H26N6O/c26-19(22-7-12-24-8-1-2-9-24)15-3-10-25(11-4-15)16-13-17-18(23-14-16)21-6-5-20-17/h5-6,13-15H,1-4,7-12H2,(H,22,26). The molecule has 2 aromatic rings. The lowest BCUT2D eigenvalue weighted by Gasteiger charge is -2.32. The van der Waals surface area contributed by atoms with Gasteiger partial charge in [0.1, 0.15) is 5.52 Å². The number of amides is 1. The lowest BCUT2D eigenvalue weighted by atomic mass is 9.95. The summed E-state index contributed by atoms with van der Waals surface area (Å²) in [5.74, 6) is 0.337. The van der Waals surface area contributed by atoms with E-state index in [1.807, 2.05) is 12.3 Å². The van der Waals surface area contributed by atoms with Crippen LogP contribution in [0.4, 0.5) is 5.69 Å². The van der Waals surface area contributed by atoms with Gasteiger partial charge in [-0.2, -0.15) is 0 Å². The predicted octanol–water partition coefficient (Wildman–Crippen LogP) is 1.45. The summed E-state index contributed by atoms with van der Waals surface area (Å²) in [6.07, 6.45) is 9.55. The molecule has 1 amide bonds. The van der Waals surface area contributed by atoms with E-state index in [1.165, 1.54) is 25.9 Å². The maximum atomic E-state index is 12.4. The molecule has 2 aliphatic heterocycles. The molecule has 0 radical (unpaired) electrons. The van der Waals surface area contributed by atoms with Crippen LogP contribution < -0.4 is 10.2 Å². The monoisotopic (exact) mass is 354 g/mol. The second-order valence-electron chi connectivity index (χ2n) is 7.19. The first-order valence-corrected chi connectivity index (χ1v) is 9.61. The third-order valence-electron chi connectivity index (χ3n) is 5.47. The van der Waals surface area contributed by atoms with Crippen molar-refractivity contribution in [2.24, 2.45) is 5.92 Å². The summed E-state index contributed by atoms with van der Waals surface area (Å²) in [6.45, 7) is 5.85. The largest absolute Gasteiger partial charge is 0.370 e. The molecule has 7 heteroatoms. The highest BCUT2D eigenvalue weighted by Gasteiger charge is 2.25. The first-order chi connectivity index (χ1) is 12.8. The molecule has 2 saturated heterocycles. The van der Waals surface area contributed by atoms with Gasteiger partial charge in [-0.05, 0) is 44.8 Å². The van der Waals surface area contributed by atoms with Crippen LogP contribution in [-0.4, -0.2) is 65.0 Å². The quantitative estimate of drug-likeness (QED) is 0.876.